The summed E-state index contributed by atoms with van der Waals surface area (Å²) in [7, 11) is 1.64. The molecule has 0 spiro atoms. The summed E-state index contributed by atoms with van der Waals surface area (Å²) >= 11 is 0. The fourth-order valence-corrected chi connectivity index (χ4v) is 1.80. The minimum atomic E-state index is 0. The van der Waals surface area contributed by atoms with Crippen LogP contribution < -0.4 is 11.1 Å². The predicted octanol–water partition coefficient (Wildman–Crippen LogP) is 1.16. The van der Waals surface area contributed by atoms with Gasteiger partial charge in [0.15, 0.2) is 11.7 Å². The Balaban J connectivity index is 0.00000242. The van der Waals surface area contributed by atoms with Crippen LogP contribution in [-0.2, 0) is 11.2 Å². The maximum absolute atomic E-state index is 5.77. The minimum absolute atomic E-state index is 0. The molecule has 0 aromatic carbocycles. The average molecular weight is 420 g/mol. The van der Waals surface area contributed by atoms with Crippen LogP contribution in [0.4, 0.5) is 0 Å². The molecular formula is C13H21IN6O2. The third-order valence-corrected chi connectivity index (χ3v) is 2.71. The van der Waals surface area contributed by atoms with Crippen LogP contribution in [0.3, 0.4) is 0 Å². The number of aliphatic imine (C=N–C) groups is 1. The highest BCUT2D eigenvalue weighted by Gasteiger charge is 2.08. The lowest BCUT2D eigenvalue weighted by Crippen LogP contribution is -2.40. The first-order valence-electron chi connectivity index (χ1n) is 6.69. The molecule has 0 fully saturated rings. The van der Waals surface area contributed by atoms with Gasteiger partial charge in [0.05, 0.1) is 12.9 Å². The number of H-pyrrole nitrogens is 1. The van der Waals surface area contributed by atoms with Crippen LogP contribution in [-0.4, -0.2) is 47.4 Å². The molecule has 2 aromatic heterocycles. The van der Waals surface area contributed by atoms with Gasteiger partial charge in [0.1, 0.15) is 5.82 Å². The van der Waals surface area contributed by atoms with Gasteiger partial charge < -0.3 is 20.2 Å². The van der Waals surface area contributed by atoms with Gasteiger partial charge >= 0.3 is 0 Å². The van der Waals surface area contributed by atoms with Crippen molar-refractivity contribution in [3.63, 3.8) is 0 Å². The van der Waals surface area contributed by atoms with Crippen molar-refractivity contribution in [3.8, 4) is 11.6 Å². The number of nitrogens with two attached hydrogens (primary N) is 1. The normalized spacial score (nSPS) is 12.7. The van der Waals surface area contributed by atoms with Crippen LogP contribution in [0.2, 0.25) is 0 Å². The summed E-state index contributed by atoms with van der Waals surface area (Å²) < 4.78 is 10.2. The molecule has 1 unspecified atom stereocenters. The summed E-state index contributed by atoms with van der Waals surface area (Å²) in [6.07, 6.45) is 2.21. The van der Waals surface area contributed by atoms with E-state index in [9.17, 15) is 0 Å². The Labute approximate surface area is 145 Å². The molecule has 0 radical (unpaired) electrons. The van der Waals surface area contributed by atoms with Crippen LogP contribution >= 0.6 is 24.0 Å². The van der Waals surface area contributed by atoms with Crippen LogP contribution in [0.15, 0.2) is 27.8 Å². The molecule has 4 N–H and O–H groups in total. The van der Waals surface area contributed by atoms with Gasteiger partial charge in [-0.3, -0.25) is 10.1 Å². The fraction of sp³-hybridized carbons (Fsp3) is 0.462. The topological polar surface area (TPSA) is 114 Å². The number of aromatic nitrogens is 3. The predicted molar refractivity (Wildman–Crippen MR) is 94.2 cm³/mol. The largest absolute Gasteiger partial charge is 0.461 e. The summed E-state index contributed by atoms with van der Waals surface area (Å²) in [5.41, 5.74) is 5.77. The lowest BCUT2D eigenvalue weighted by Gasteiger charge is -2.12. The van der Waals surface area contributed by atoms with Crippen LogP contribution in [0.25, 0.3) is 11.6 Å². The van der Waals surface area contributed by atoms with Gasteiger partial charge in [-0.25, -0.2) is 4.98 Å². The van der Waals surface area contributed by atoms with E-state index in [0.717, 1.165) is 5.82 Å². The number of halogens is 1. The summed E-state index contributed by atoms with van der Waals surface area (Å²) in [6.45, 7) is 3.06. The summed E-state index contributed by atoms with van der Waals surface area (Å²) in [5.74, 6) is 2.31. The first kappa shape index (κ1) is 18.4. The number of hydrogen-bond acceptors (Lipinski definition) is 5. The van der Waals surface area contributed by atoms with Crippen LogP contribution in [0.5, 0.6) is 0 Å². The maximum Gasteiger partial charge on any atom is 0.216 e. The highest BCUT2D eigenvalue weighted by atomic mass is 127. The number of furan rings is 1. The number of rotatable bonds is 7. The molecule has 1 atom stereocenters. The van der Waals surface area contributed by atoms with Crippen molar-refractivity contribution in [1.29, 1.82) is 0 Å². The second-order valence-electron chi connectivity index (χ2n) is 4.60. The van der Waals surface area contributed by atoms with Crippen LogP contribution in [0.1, 0.15) is 12.7 Å². The summed E-state index contributed by atoms with van der Waals surface area (Å²) in [5, 5.41) is 9.98. The first-order valence-corrected chi connectivity index (χ1v) is 6.69. The number of guanidine groups is 1. The molecule has 2 rings (SSSR count). The number of hydrogen-bond donors (Lipinski definition) is 3. The van der Waals surface area contributed by atoms with Gasteiger partial charge in [-0.05, 0) is 19.1 Å². The van der Waals surface area contributed by atoms with E-state index in [1.807, 2.05) is 13.0 Å². The highest BCUT2D eigenvalue weighted by Crippen LogP contribution is 2.14. The molecule has 2 heterocycles. The van der Waals surface area contributed by atoms with Crippen molar-refractivity contribution in [3.05, 3.63) is 24.2 Å². The van der Waals surface area contributed by atoms with Crippen molar-refractivity contribution in [2.45, 2.75) is 19.4 Å². The molecule has 0 aliphatic carbocycles. The second-order valence-corrected chi connectivity index (χ2v) is 4.60. The van der Waals surface area contributed by atoms with Gasteiger partial charge in [0, 0.05) is 26.1 Å². The first-order chi connectivity index (χ1) is 10.2. The van der Waals surface area contributed by atoms with E-state index in [1.165, 1.54) is 0 Å². The Morgan fingerprint density at radius 1 is 1.59 bits per heavy atom. The zero-order chi connectivity index (χ0) is 15.1. The number of nitrogens with one attached hydrogen (secondary N) is 2. The van der Waals surface area contributed by atoms with Crippen molar-refractivity contribution in [1.82, 2.24) is 20.5 Å². The Bertz CT molecular complexity index is 569. The monoisotopic (exact) mass is 420 g/mol. The van der Waals surface area contributed by atoms with Gasteiger partial charge in [0.25, 0.3) is 0 Å². The molecule has 0 aliphatic rings. The minimum Gasteiger partial charge on any atom is -0.461 e. The lowest BCUT2D eigenvalue weighted by atomic mass is 10.4. The van der Waals surface area contributed by atoms with Crippen molar-refractivity contribution in [2.24, 2.45) is 10.7 Å². The van der Waals surface area contributed by atoms with E-state index in [0.29, 0.717) is 37.1 Å². The molecule has 0 bridgehead atoms. The third kappa shape index (κ3) is 5.64. The number of nitrogens with zero attached hydrogens (tertiary/aromatic N) is 3. The smallest absolute Gasteiger partial charge is 0.216 e. The fourth-order valence-electron chi connectivity index (χ4n) is 1.80. The third-order valence-electron chi connectivity index (χ3n) is 2.71. The number of aromatic amines is 1. The van der Waals surface area contributed by atoms with Gasteiger partial charge in [-0.2, -0.15) is 5.10 Å². The van der Waals surface area contributed by atoms with E-state index in [4.69, 9.17) is 14.9 Å². The van der Waals surface area contributed by atoms with E-state index in [2.05, 4.69) is 25.5 Å². The molecular weight excluding hydrogens is 399 g/mol. The van der Waals surface area contributed by atoms with Gasteiger partial charge in [-0.15, -0.1) is 24.0 Å². The Morgan fingerprint density at radius 3 is 3.09 bits per heavy atom. The number of ether oxygens (including phenoxy) is 1. The Kier molecular flexibility index (Phi) is 7.88. The molecule has 0 saturated heterocycles. The molecule has 0 aliphatic heterocycles. The molecule has 2 aromatic rings. The van der Waals surface area contributed by atoms with Crippen LogP contribution in [0, 0.1) is 0 Å². The quantitative estimate of drug-likeness (QED) is 0.352. The average Bonchev–Trinajstić information content (AvgIpc) is 3.09. The molecule has 0 saturated carbocycles. The molecule has 8 nitrogen and oxygen atoms in total. The SMILES string of the molecule is COCC(C)NC(N)=NCCc1nc(-c2ccco2)n[nH]1.I. The molecule has 0 amide bonds. The zero-order valence-corrected chi connectivity index (χ0v) is 14.9. The highest BCUT2D eigenvalue weighted by molar-refractivity contribution is 14.0. The molecule has 22 heavy (non-hydrogen) atoms. The molecule has 9 heteroatoms. The van der Waals surface area contributed by atoms with E-state index in [-0.39, 0.29) is 30.0 Å². The zero-order valence-electron chi connectivity index (χ0n) is 12.6. The second kappa shape index (κ2) is 9.41. The number of methoxy groups -OCH3 is 1. The van der Waals surface area contributed by atoms with Crippen molar-refractivity contribution >= 4 is 29.9 Å². The Hall–Kier alpha value is -1.62. The summed E-state index contributed by atoms with van der Waals surface area (Å²) in [6, 6.07) is 3.72. The maximum atomic E-state index is 5.77. The van der Waals surface area contributed by atoms with Gasteiger partial charge in [0.2, 0.25) is 5.82 Å². The molecule has 122 valence electrons. The Morgan fingerprint density at radius 2 is 2.41 bits per heavy atom. The van der Waals surface area contributed by atoms with E-state index >= 15 is 0 Å². The summed E-state index contributed by atoms with van der Waals surface area (Å²) in [4.78, 5) is 8.56. The van der Waals surface area contributed by atoms with Crippen molar-refractivity contribution < 1.29 is 9.15 Å². The standard InChI is InChI=1S/C13H20N6O2.HI/c1-9(8-20-2)16-13(14)15-6-5-11-17-12(19-18-11)10-4-3-7-21-10;/h3-4,7,9H,5-6,8H2,1-2H3,(H3,14,15,16)(H,17,18,19);1H. The van der Waals surface area contributed by atoms with E-state index in [1.54, 1.807) is 19.4 Å². The van der Waals surface area contributed by atoms with Crippen molar-refractivity contribution in [2.75, 3.05) is 20.3 Å². The van der Waals surface area contributed by atoms with E-state index < -0.39 is 0 Å². The lowest BCUT2D eigenvalue weighted by molar-refractivity contribution is 0.179. The van der Waals surface area contributed by atoms with Gasteiger partial charge in [-0.1, -0.05) is 0 Å².